The number of aromatic nitrogens is 4. The summed E-state index contributed by atoms with van der Waals surface area (Å²) in [5.41, 5.74) is 6.79. The van der Waals surface area contributed by atoms with E-state index in [-0.39, 0.29) is 6.79 Å². The Hall–Kier alpha value is -3.28. The van der Waals surface area contributed by atoms with Gasteiger partial charge in [-0.05, 0) is 48.7 Å². The molecular formula is C20H16N4O2. The Kier molecular flexibility index (Phi) is 2.74. The Morgan fingerprint density at radius 1 is 1.00 bits per heavy atom. The van der Waals surface area contributed by atoms with Gasteiger partial charge in [0.1, 0.15) is 5.69 Å². The molecule has 1 N–H and O–H groups in total. The van der Waals surface area contributed by atoms with E-state index in [0.29, 0.717) is 0 Å². The van der Waals surface area contributed by atoms with Crippen LogP contribution in [-0.4, -0.2) is 26.8 Å². The summed E-state index contributed by atoms with van der Waals surface area (Å²) >= 11 is 0. The lowest BCUT2D eigenvalue weighted by Gasteiger charge is -2.07. The third-order valence-electron chi connectivity index (χ3n) is 5.22. The summed E-state index contributed by atoms with van der Waals surface area (Å²) in [6, 6.07) is 12.5. The Balaban J connectivity index is 1.58. The van der Waals surface area contributed by atoms with Crippen LogP contribution < -0.4 is 9.47 Å². The molecule has 6 nitrogen and oxygen atoms in total. The number of fused-ring (bicyclic) bond motifs is 3. The molecule has 4 aromatic rings. The van der Waals surface area contributed by atoms with Crippen LogP contribution in [-0.2, 0) is 13.0 Å². The van der Waals surface area contributed by atoms with Crippen molar-refractivity contribution in [3.05, 3.63) is 48.3 Å². The lowest BCUT2D eigenvalue weighted by molar-refractivity contribution is 0.174. The Labute approximate surface area is 149 Å². The van der Waals surface area contributed by atoms with Crippen molar-refractivity contribution in [1.29, 1.82) is 0 Å². The lowest BCUT2D eigenvalue weighted by atomic mass is 9.97. The van der Waals surface area contributed by atoms with E-state index in [1.165, 1.54) is 16.8 Å². The third-order valence-corrected chi connectivity index (χ3v) is 5.22. The van der Waals surface area contributed by atoms with Gasteiger partial charge in [0.05, 0.1) is 11.7 Å². The van der Waals surface area contributed by atoms with Crippen molar-refractivity contribution in [2.75, 3.05) is 6.79 Å². The summed E-state index contributed by atoms with van der Waals surface area (Å²) in [4.78, 5) is 0. The molecule has 4 heterocycles. The van der Waals surface area contributed by atoms with Crippen LogP contribution in [0.25, 0.3) is 33.3 Å². The van der Waals surface area contributed by atoms with Gasteiger partial charge in [-0.3, -0.25) is 9.78 Å². The maximum absolute atomic E-state index is 5.56. The minimum atomic E-state index is 0.280. The van der Waals surface area contributed by atoms with E-state index >= 15 is 0 Å². The quantitative estimate of drug-likeness (QED) is 0.601. The number of ether oxygens (including phenoxy) is 2. The predicted molar refractivity (Wildman–Crippen MR) is 97.2 cm³/mol. The van der Waals surface area contributed by atoms with Gasteiger partial charge in [0, 0.05) is 28.8 Å². The molecule has 26 heavy (non-hydrogen) atoms. The number of aromatic amines is 1. The van der Waals surface area contributed by atoms with Gasteiger partial charge in [-0.15, -0.1) is 0 Å². The van der Waals surface area contributed by atoms with Crippen LogP contribution in [0.5, 0.6) is 11.5 Å². The summed E-state index contributed by atoms with van der Waals surface area (Å²) in [5.74, 6) is 1.58. The Morgan fingerprint density at radius 2 is 1.92 bits per heavy atom. The first-order valence-corrected chi connectivity index (χ1v) is 8.80. The van der Waals surface area contributed by atoms with Crippen molar-refractivity contribution in [2.45, 2.75) is 19.4 Å². The second-order valence-corrected chi connectivity index (χ2v) is 6.74. The van der Waals surface area contributed by atoms with Crippen LogP contribution >= 0.6 is 0 Å². The smallest absolute Gasteiger partial charge is 0.231 e. The number of hydrogen-bond donors (Lipinski definition) is 1. The number of aryl methyl sites for hydroxylation is 1. The number of benzene rings is 2. The fourth-order valence-corrected chi connectivity index (χ4v) is 3.98. The van der Waals surface area contributed by atoms with Gasteiger partial charge in [-0.1, -0.05) is 6.07 Å². The summed E-state index contributed by atoms with van der Waals surface area (Å²) < 4.78 is 13.2. The minimum Gasteiger partial charge on any atom is -0.454 e. The SMILES string of the molecule is c1cc2c(cc1-c1nn3c(c1-c1ccc4[nH]ncc4c1)CCC3)OCO2. The molecule has 6 heteroatoms. The second-order valence-electron chi connectivity index (χ2n) is 6.74. The van der Waals surface area contributed by atoms with E-state index in [2.05, 4.69) is 39.1 Å². The molecule has 0 saturated carbocycles. The number of nitrogens with one attached hydrogen (secondary N) is 1. The van der Waals surface area contributed by atoms with E-state index in [9.17, 15) is 0 Å². The lowest BCUT2D eigenvalue weighted by Crippen LogP contribution is -1.94. The number of nitrogens with zero attached hydrogens (tertiary/aromatic N) is 3. The molecule has 2 aliphatic heterocycles. The van der Waals surface area contributed by atoms with Crippen molar-refractivity contribution >= 4 is 10.9 Å². The molecule has 0 radical (unpaired) electrons. The van der Waals surface area contributed by atoms with Gasteiger partial charge in [-0.25, -0.2) is 0 Å². The van der Waals surface area contributed by atoms with Crippen LogP contribution in [0.1, 0.15) is 12.1 Å². The molecule has 128 valence electrons. The van der Waals surface area contributed by atoms with Crippen molar-refractivity contribution < 1.29 is 9.47 Å². The van der Waals surface area contributed by atoms with Crippen molar-refractivity contribution in [1.82, 2.24) is 20.0 Å². The average molecular weight is 344 g/mol. The molecule has 0 spiro atoms. The fourth-order valence-electron chi connectivity index (χ4n) is 3.98. The van der Waals surface area contributed by atoms with Gasteiger partial charge in [0.2, 0.25) is 6.79 Å². The van der Waals surface area contributed by atoms with E-state index in [1.54, 1.807) is 0 Å². The zero-order valence-electron chi connectivity index (χ0n) is 14.0. The molecule has 0 amide bonds. The average Bonchev–Trinajstić information content (AvgIpc) is 3.42. The molecule has 0 atom stereocenters. The van der Waals surface area contributed by atoms with Crippen LogP contribution in [0.15, 0.2) is 42.6 Å². The number of rotatable bonds is 2. The van der Waals surface area contributed by atoms with E-state index < -0.39 is 0 Å². The molecule has 0 aliphatic carbocycles. The molecule has 2 aromatic carbocycles. The van der Waals surface area contributed by atoms with Gasteiger partial charge < -0.3 is 9.47 Å². The van der Waals surface area contributed by atoms with E-state index in [0.717, 1.165) is 53.0 Å². The fraction of sp³-hybridized carbons (Fsp3) is 0.200. The molecule has 0 bridgehead atoms. The minimum absolute atomic E-state index is 0.280. The van der Waals surface area contributed by atoms with Crippen molar-refractivity contribution in [3.63, 3.8) is 0 Å². The molecule has 0 unspecified atom stereocenters. The maximum Gasteiger partial charge on any atom is 0.231 e. The highest BCUT2D eigenvalue weighted by atomic mass is 16.7. The molecule has 2 aromatic heterocycles. The molecule has 2 aliphatic rings. The number of H-pyrrole nitrogens is 1. The molecule has 0 saturated heterocycles. The van der Waals surface area contributed by atoms with Crippen LogP contribution in [0.2, 0.25) is 0 Å². The van der Waals surface area contributed by atoms with Gasteiger partial charge in [0.25, 0.3) is 0 Å². The second kappa shape index (κ2) is 5.11. The molecular weight excluding hydrogens is 328 g/mol. The zero-order valence-corrected chi connectivity index (χ0v) is 14.0. The molecule has 6 rings (SSSR count). The normalized spacial score (nSPS) is 14.9. The van der Waals surface area contributed by atoms with Crippen molar-refractivity contribution in [3.8, 4) is 33.9 Å². The summed E-state index contributed by atoms with van der Waals surface area (Å²) in [6.07, 6.45) is 4.06. The summed E-state index contributed by atoms with van der Waals surface area (Å²) in [7, 11) is 0. The topological polar surface area (TPSA) is 65.0 Å². The van der Waals surface area contributed by atoms with Crippen LogP contribution in [0.4, 0.5) is 0 Å². The summed E-state index contributed by atoms with van der Waals surface area (Å²) in [5, 5.41) is 13.2. The maximum atomic E-state index is 5.56. The van der Waals surface area contributed by atoms with Crippen LogP contribution in [0, 0.1) is 0 Å². The van der Waals surface area contributed by atoms with Gasteiger partial charge in [-0.2, -0.15) is 10.2 Å². The first-order chi connectivity index (χ1) is 12.9. The highest BCUT2D eigenvalue weighted by Crippen LogP contribution is 2.41. The highest BCUT2D eigenvalue weighted by molar-refractivity contribution is 5.90. The van der Waals surface area contributed by atoms with Gasteiger partial charge in [0.15, 0.2) is 11.5 Å². The van der Waals surface area contributed by atoms with E-state index in [1.807, 2.05) is 18.3 Å². The van der Waals surface area contributed by atoms with E-state index in [4.69, 9.17) is 14.6 Å². The third kappa shape index (κ3) is 1.92. The first kappa shape index (κ1) is 13.9. The highest BCUT2D eigenvalue weighted by Gasteiger charge is 2.25. The summed E-state index contributed by atoms with van der Waals surface area (Å²) in [6.45, 7) is 1.25. The van der Waals surface area contributed by atoms with Crippen LogP contribution in [0.3, 0.4) is 0 Å². The largest absolute Gasteiger partial charge is 0.454 e. The van der Waals surface area contributed by atoms with Gasteiger partial charge >= 0.3 is 0 Å². The number of hydrogen-bond acceptors (Lipinski definition) is 4. The zero-order chi connectivity index (χ0) is 17.1. The monoisotopic (exact) mass is 344 g/mol. The predicted octanol–water partition coefficient (Wildman–Crippen LogP) is 3.77. The Bertz CT molecular complexity index is 1160. The standard InChI is InChI=1S/C20H16N4O2/c1-2-16-19(12-3-5-15-14(8-12)10-21-22-15)20(23-24(16)7-1)13-4-6-17-18(9-13)26-11-25-17/h3-6,8-10H,1-2,7,11H2,(H,21,22). The first-order valence-electron chi connectivity index (χ1n) is 8.80. The van der Waals surface area contributed by atoms with Crippen molar-refractivity contribution in [2.24, 2.45) is 0 Å². The molecule has 0 fully saturated rings. The Morgan fingerprint density at radius 3 is 2.92 bits per heavy atom.